The van der Waals surface area contributed by atoms with Crippen LogP contribution in [-0.4, -0.2) is 12.6 Å². The van der Waals surface area contributed by atoms with Crippen molar-refractivity contribution >= 4 is 51.9 Å². The number of aromatic nitrogens is 3. The maximum Gasteiger partial charge on any atom is 0.299 e. The molecule has 9 rings (SSSR count). The molecule has 0 N–H and O–H groups in total. The van der Waals surface area contributed by atoms with E-state index in [1.165, 1.54) is 61.3 Å². The van der Waals surface area contributed by atoms with Crippen molar-refractivity contribution in [3.63, 3.8) is 0 Å². The van der Waals surface area contributed by atoms with Crippen molar-refractivity contribution in [1.82, 2.24) is 4.57 Å². The minimum Gasteiger partial charge on any atom is -0.455 e. The maximum atomic E-state index is 6.91. The Kier molecular flexibility index (Phi) is 7.63. The van der Waals surface area contributed by atoms with Gasteiger partial charge in [0.15, 0.2) is 28.5 Å². The van der Waals surface area contributed by atoms with Gasteiger partial charge in [-0.25, -0.2) is 4.57 Å². The number of pyridine rings is 1. The Hall–Kier alpha value is -4.74. The van der Waals surface area contributed by atoms with Crippen molar-refractivity contribution in [3.05, 3.63) is 120 Å². The van der Waals surface area contributed by atoms with E-state index >= 15 is 0 Å². The van der Waals surface area contributed by atoms with Crippen LogP contribution in [0.5, 0.6) is 0 Å². The third kappa shape index (κ3) is 5.29. The summed E-state index contributed by atoms with van der Waals surface area (Å²) in [6.07, 6.45) is 5.57. The lowest BCUT2D eigenvalue weighted by atomic mass is 9.77. The van der Waals surface area contributed by atoms with Crippen LogP contribution in [0.2, 0.25) is 19.6 Å². The Bertz CT molecular complexity index is 2640. The van der Waals surface area contributed by atoms with Gasteiger partial charge in [0.1, 0.15) is 11.1 Å². The second kappa shape index (κ2) is 11.9. The van der Waals surface area contributed by atoms with E-state index < -0.39 is 8.07 Å². The molecule has 0 saturated heterocycles. The highest BCUT2D eigenvalue weighted by Crippen LogP contribution is 2.48. The van der Waals surface area contributed by atoms with E-state index in [4.69, 9.17) is 11.0 Å². The van der Waals surface area contributed by atoms with Crippen LogP contribution in [0, 0.1) is 12.3 Å². The Balaban J connectivity index is 1.41. The molecule has 0 fully saturated rings. The van der Waals surface area contributed by atoms with Crippen LogP contribution in [0.15, 0.2) is 102 Å². The molecule has 0 aliphatic carbocycles. The van der Waals surface area contributed by atoms with Gasteiger partial charge in [0.05, 0.1) is 20.0 Å². The summed E-state index contributed by atoms with van der Waals surface area (Å²) < 4.78 is 14.6. The number of hydrogen-bond acceptors (Lipinski definition) is 1. The molecule has 268 valence electrons. The highest BCUT2D eigenvalue weighted by Gasteiger charge is 2.48. The zero-order chi connectivity index (χ0) is 37.1. The summed E-state index contributed by atoms with van der Waals surface area (Å²) in [6, 6.07) is 32.1. The average molecular weight is 716 g/mol. The second-order valence-corrected chi connectivity index (χ2v) is 23.4. The molecule has 53 heavy (non-hydrogen) atoms. The molecule has 5 heterocycles. The van der Waals surface area contributed by atoms with Gasteiger partial charge in [-0.2, -0.15) is 9.13 Å². The first-order valence-corrected chi connectivity index (χ1v) is 23.1. The molecule has 2 aliphatic heterocycles. The van der Waals surface area contributed by atoms with Crippen molar-refractivity contribution in [2.45, 2.75) is 98.4 Å². The van der Waals surface area contributed by atoms with Crippen LogP contribution in [0.1, 0.15) is 81.3 Å². The minimum absolute atomic E-state index is 0.0220. The van der Waals surface area contributed by atoms with Crippen LogP contribution >= 0.6 is 0 Å². The summed E-state index contributed by atoms with van der Waals surface area (Å²) in [5.74, 6) is 1.40. The predicted molar refractivity (Wildman–Crippen MR) is 224 cm³/mol. The van der Waals surface area contributed by atoms with Crippen molar-refractivity contribution in [2.75, 3.05) is 0 Å². The molecular weight excluding hydrogens is 663 g/mol. The molecule has 2 atom stereocenters. The zero-order valence-corrected chi connectivity index (χ0v) is 34.0. The van der Waals surface area contributed by atoms with E-state index in [2.05, 4.69) is 166 Å². The molecule has 3 aromatic heterocycles. The van der Waals surface area contributed by atoms with Gasteiger partial charge in [0.2, 0.25) is 11.7 Å². The molecule has 2 unspecified atom stereocenters. The number of imidazole rings is 1. The number of para-hydroxylation sites is 3. The van der Waals surface area contributed by atoms with Gasteiger partial charge in [-0.05, 0) is 93.0 Å². The van der Waals surface area contributed by atoms with E-state index in [0.29, 0.717) is 0 Å². The number of fused-ring (bicyclic) bond motifs is 15. The molecule has 2 aliphatic rings. The quantitative estimate of drug-likeness (QED) is 0.132. The van der Waals surface area contributed by atoms with Crippen LogP contribution in [0.3, 0.4) is 0 Å². The number of allylic oxidation sites excluding steroid dienone is 1. The van der Waals surface area contributed by atoms with E-state index in [-0.39, 0.29) is 23.4 Å². The van der Waals surface area contributed by atoms with E-state index in [1.54, 1.807) is 5.19 Å². The molecular formula is C48H53N3OSi+2. The van der Waals surface area contributed by atoms with Gasteiger partial charge in [-0.1, -0.05) is 101 Å². The van der Waals surface area contributed by atoms with Gasteiger partial charge in [-0.3, -0.25) is 0 Å². The van der Waals surface area contributed by atoms with E-state index in [9.17, 15) is 0 Å². The predicted octanol–water partition coefficient (Wildman–Crippen LogP) is 11.2. The summed E-state index contributed by atoms with van der Waals surface area (Å²) >= 11 is 0. The first-order chi connectivity index (χ1) is 25.2. The summed E-state index contributed by atoms with van der Waals surface area (Å²) in [6.45, 7) is 26.7. The van der Waals surface area contributed by atoms with Crippen LogP contribution in [-0.2, 0) is 12.8 Å². The number of hydrogen-bond donors (Lipinski definition) is 0. The zero-order valence-electron chi connectivity index (χ0n) is 33.0. The molecule has 4 aromatic carbocycles. The fourth-order valence-electron chi connectivity index (χ4n) is 9.71. The van der Waals surface area contributed by atoms with Crippen LogP contribution < -0.4 is 14.3 Å². The first-order valence-electron chi connectivity index (χ1n) is 19.6. The monoisotopic (exact) mass is 715 g/mol. The third-order valence-corrected chi connectivity index (χ3v) is 13.9. The molecule has 0 saturated carbocycles. The fourth-order valence-corrected chi connectivity index (χ4v) is 11.4. The van der Waals surface area contributed by atoms with Crippen molar-refractivity contribution in [2.24, 2.45) is 5.41 Å². The largest absolute Gasteiger partial charge is 0.455 e. The number of furan rings is 1. The Labute approximate surface area is 315 Å². The molecule has 0 bridgehead atoms. The SMILES string of the molecule is C=C1C2C(CCc3ccc4c(oc5ccccc54)c3-c3n(C(C)C)c4ccccc4[n+]31)c1cc(C)ccc1-c1cc(CC(C)(C)C)c([Si](C)(C)C)c[n+]12. The lowest BCUT2D eigenvalue weighted by molar-refractivity contribution is -0.723. The van der Waals surface area contributed by atoms with Crippen LogP contribution in [0.4, 0.5) is 0 Å². The molecule has 0 amide bonds. The molecule has 0 spiro atoms. The van der Waals surface area contributed by atoms with Crippen molar-refractivity contribution < 1.29 is 13.6 Å². The summed E-state index contributed by atoms with van der Waals surface area (Å²) in [4.78, 5) is 0. The summed E-state index contributed by atoms with van der Waals surface area (Å²) in [7, 11) is -1.75. The second-order valence-electron chi connectivity index (χ2n) is 18.4. The summed E-state index contributed by atoms with van der Waals surface area (Å²) in [5.41, 5.74) is 15.1. The Morgan fingerprint density at radius 3 is 2.43 bits per heavy atom. The van der Waals surface area contributed by atoms with Gasteiger partial charge >= 0.3 is 0 Å². The van der Waals surface area contributed by atoms with Gasteiger partial charge in [-0.15, -0.1) is 0 Å². The smallest absolute Gasteiger partial charge is 0.299 e. The molecule has 5 heteroatoms. The number of rotatable bonds is 3. The number of nitrogens with zero attached hydrogens (tertiary/aromatic N) is 3. The van der Waals surface area contributed by atoms with Gasteiger partial charge in [0.25, 0.3) is 5.82 Å². The van der Waals surface area contributed by atoms with Crippen LogP contribution in [0.25, 0.3) is 61.3 Å². The molecule has 4 nitrogen and oxygen atoms in total. The maximum absolute atomic E-state index is 6.91. The Morgan fingerprint density at radius 2 is 1.68 bits per heavy atom. The van der Waals surface area contributed by atoms with Crippen molar-refractivity contribution in [3.8, 4) is 22.6 Å². The molecule has 7 aromatic rings. The topological polar surface area (TPSA) is 25.8 Å². The average Bonchev–Trinajstić information content (AvgIpc) is 3.65. The van der Waals surface area contributed by atoms with E-state index in [1.807, 2.05) is 0 Å². The summed E-state index contributed by atoms with van der Waals surface area (Å²) in [5, 5.41) is 3.89. The third-order valence-electron chi connectivity index (χ3n) is 11.8. The standard InChI is InChI=1S/C48H53N3OSi/c1-29(2)50-39-16-12-13-17-40(39)51-31(4)45-36(23-20-32-21-24-37-35-15-11-14-18-42(35)52-46(37)44(32)47(50)51)38-25-30(3)19-22-34(38)41-26-33(27-48(5,6)7)43(28-49(41)45)53(8,9)10/h11-19,21-22,24-26,28-29,36,45H,4,20,23,27H2,1-3,5-10H3/q+2. The van der Waals surface area contributed by atoms with E-state index in [0.717, 1.165) is 41.5 Å². The Morgan fingerprint density at radius 1 is 0.925 bits per heavy atom. The minimum atomic E-state index is -1.75. The highest BCUT2D eigenvalue weighted by atomic mass is 28.3. The fraction of sp³-hybridized carbons (Fsp3) is 0.333. The normalized spacial score (nSPS) is 17.3. The number of benzene rings is 4. The first kappa shape index (κ1) is 34.1. The highest BCUT2D eigenvalue weighted by molar-refractivity contribution is 6.89. The van der Waals surface area contributed by atoms with Crippen molar-refractivity contribution in [1.29, 1.82) is 0 Å². The number of aryl methyl sites for hydroxylation is 2. The lowest BCUT2D eigenvalue weighted by Gasteiger charge is -2.33. The lowest BCUT2D eigenvalue weighted by Crippen LogP contribution is -2.57. The molecule has 0 radical (unpaired) electrons. The van der Waals surface area contributed by atoms with Gasteiger partial charge in [0, 0.05) is 27.6 Å². The van der Waals surface area contributed by atoms with Gasteiger partial charge < -0.3 is 4.42 Å².